The zero-order valence-corrected chi connectivity index (χ0v) is 11.4. The van der Waals surface area contributed by atoms with Crippen LogP contribution in [0, 0.1) is 18.3 Å². The fraction of sp³-hybridized carbons (Fsp3) is 0.500. The van der Waals surface area contributed by atoms with Crippen molar-refractivity contribution in [3.63, 3.8) is 0 Å². The van der Waals surface area contributed by atoms with Gasteiger partial charge in [0.25, 0.3) is 0 Å². The van der Waals surface area contributed by atoms with Crippen molar-refractivity contribution in [3.05, 3.63) is 29.8 Å². The molecule has 0 heterocycles. The molecule has 0 atom stereocenters. The third-order valence-corrected chi connectivity index (χ3v) is 2.51. The van der Waals surface area contributed by atoms with E-state index in [1.165, 1.54) is 5.56 Å². The van der Waals surface area contributed by atoms with Gasteiger partial charge in [0.2, 0.25) is 0 Å². The highest BCUT2D eigenvalue weighted by Crippen LogP contribution is 2.13. The first-order chi connectivity index (χ1) is 8.72. The number of ether oxygens (including phenoxy) is 1. The van der Waals surface area contributed by atoms with Gasteiger partial charge in [-0.1, -0.05) is 26.0 Å². The maximum absolute atomic E-state index is 5.65. The number of hydrogen-bond donors (Lipinski definition) is 1. The zero-order chi connectivity index (χ0) is 13.2. The second kappa shape index (κ2) is 8.60. The van der Waals surface area contributed by atoms with E-state index < -0.39 is 0 Å². The Labute approximate surface area is 111 Å². The summed E-state index contributed by atoms with van der Waals surface area (Å²) in [5, 5.41) is 3.42. The molecule has 2 heteroatoms. The molecule has 0 radical (unpaired) electrons. The van der Waals surface area contributed by atoms with E-state index in [2.05, 4.69) is 37.2 Å². The molecule has 0 unspecified atom stereocenters. The predicted octanol–water partition coefficient (Wildman–Crippen LogP) is 3.22. The summed E-state index contributed by atoms with van der Waals surface area (Å²) in [6, 6.07) is 8.22. The molecule has 0 spiro atoms. The first-order valence-corrected chi connectivity index (χ1v) is 6.58. The average Bonchev–Trinajstić information content (AvgIpc) is 2.35. The third-order valence-electron chi connectivity index (χ3n) is 2.51. The zero-order valence-electron chi connectivity index (χ0n) is 11.4. The third kappa shape index (κ3) is 6.32. The lowest BCUT2D eigenvalue weighted by molar-refractivity contribution is 0.312. The minimum absolute atomic E-state index is 0.674. The molecule has 2 nitrogen and oxygen atoms in total. The first-order valence-electron chi connectivity index (χ1n) is 6.58. The van der Waals surface area contributed by atoms with Gasteiger partial charge in [0, 0.05) is 13.0 Å². The molecule has 0 aromatic heterocycles. The Morgan fingerprint density at radius 1 is 1.39 bits per heavy atom. The molecule has 98 valence electrons. The molecule has 18 heavy (non-hydrogen) atoms. The van der Waals surface area contributed by atoms with E-state index >= 15 is 0 Å². The van der Waals surface area contributed by atoms with Crippen LogP contribution in [-0.2, 0) is 6.54 Å². The first kappa shape index (κ1) is 14.6. The van der Waals surface area contributed by atoms with Crippen molar-refractivity contribution in [3.8, 4) is 18.1 Å². The van der Waals surface area contributed by atoms with E-state index in [0.29, 0.717) is 12.5 Å². The highest BCUT2D eigenvalue weighted by atomic mass is 16.5. The molecule has 0 aliphatic heterocycles. The van der Waals surface area contributed by atoms with Crippen molar-refractivity contribution >= 4 is 0 Å². The largest absolute Gasteiger partial charge is 0.494 e. The average molecular weight is 245 g/mol. The van der Waals surface area contributed by atoms with Gasteiger partial charge in [0.1, 0.15) is 5.75 Å². The van der Waals surface area contributed by atoms with Gasteiger partial charge in [0.15, 0.2) is 0 Å². The van der Waals surface area contributed by atoms with Crippen molar-refractivity contribution < 1.29 is 4.74 Å². The quantitative estimate of drug-likeness (QED) is 0.561. The van der Waals surface area contributed by atoms with Crippen LogP contribution in [0.25, 0.3) is 0 Å². The van der Waals surface area contributed by atoms with Crippen LogP contribution >= 0.6 is 0 Å². The van der Waals surface area contributed by atoms with Crippen LogP contribution in [0.15, 0.2) is 24.3 Å². The van der Waals surface area contributed by atoms with Crippen molar-refractivity contribution in [1.82, 2.24) is 5.32 Å². The van der Waals surface area contributed by atoms with E-state index in [9.17, 15) is 0 Å². The molecule has 0 saturated carbocycles. The monoisotopic (exact) mass is 245 g/mol. The maximum atomic E-state index is 5.65. The van der Waals surface area contributed by atoms with Crippen molar-refractivity contribution in [2.75, 3.05) is 13.2 Å². The van der Waals surface area contributed by atoms with E-state index in [4.69, 9.17) is 11.2 Å². The predicted molar refractivity (Wildman–Crippen MR) is 76.5 cm³/mol. The number of terminal acetylenes is 1. The molecule has 1 aromatic rings. The van der Waals surface area contributed by atoms with E-state index in [1.807, 2.05) is 12.1 Å². The Morgan fingerprint density at radius 3 is 2.94 bits per heavy atom. The molecule has 0 bridgehead atoms. The molecule has 1 rings (SSSR count). The van der Waals surface area contributed by atoms with Gasteiger partial charge < -0.3 is 10.1 Å². The number of hydrogen-bond acceptors (Lipinski definition) is 2. The molecule has 0 saturated heterocycles. The van der Waals surface area contributed by atoms with Crippen LogP contribution in [0.2, 0.25) is 0 Å². The lowest BCUT2D eigenvalue weighted by Gasteiger charge is -2.09. The summed E-state index contributed by atoms with van der Waals surface area (Å²) in [5.74, 6) is 4.21. The van der Waals surface area contributed by atoms with Gasteiger partial charge in [-0.05, 0) is 36.6 Å². The topological polar surface area (TPSA) is 21.3 Å². The fourth-order valence-electron chi connectivity index (χ4n) is 1.61. The standard InChI is InChI=1S/C16H23NO/c1-4-5-6-10-18-16-9-7-8-15(11-16)13-17-12-14(2)3/h1,7-9,11,14,17H,5-6,10,12-13H2,2-3H3. The highest BCUT2D eigenvalue weighted by Gasteiger charge is 1.98. The van der Waals surface area contributed by atoms with Gasteiger partial charge in [-0.3, -0.25) is 0 Å². The maximum Gasteiger partial charge on any atom is 0.119 e. The van der Waals surface area contributed by atoms with Crippen LogP contribution in [-0.4, -0.2) is 13.2 Å². The summed E-state index contributed by atoms with van der Waals surface area (Å²) >= 11 is 0. The van der Waals surface area contributed by atoms with Gasteiger partial charge in [0.05, 0.1) is 6.61 Å². The number of rotatable bonds is 8. The fourth-order valence-corrected chi connectivity index (χ4v) is 1.61. The second-order valence-corrected chi connectivity index (χ2v) is 4.83. The molecular weight excluding hydrogens is 222 g/mol. The Morgan fingerprint density at radius 2 is 2.22 bits per heavy atom. The molecule has 0 aliphatic rings. The van der Waals surface area contributed by atoms with Crippen LogP contribution in [0.4, 0.5) is 0 Å². The number of nitrogens with one attached hydrogen (secondary N) is 1. The number of unbranched alkanes of at least 4 members (excludes halogenated alkanes) is 1. The summed E-state index contributed by atoms with van der Waals surface area (Å²) < 4.78 is 5.65. The van der Waals surface area contributed by atoms with Crippen molar-refractivity contribution in [2.45, 2.75) is 33.2 Å². The lowest BCUT2D eigenvalue weighted by atomic mass is 10.2. The van der Waals surface area contributed by atoms with Gasteiger partial charge >= 0.3 is 0 Å². The van der Waals surface area contributed by atoms with Gasteiger partial charge in [-0.15, -0.1) is 12.3 Å². The normalized spacial score (nSPS) is 10.3. The van der Waals surface area contributed by atoms with Gasteiger partial charge in [-0.2, -0.15) is 0 Å². The van der Waals surface area contributed by atoms with Crippen LogP contribution in [0.1, 0.15) is 32.3 Å². The Balaban J connectivity index is 2.34. The smallest absolute Gasteiger partial charge is 0.119 e. The van der Waals surface area contributed by atoms with Crippen LogP contribution < -0.4 is 10.1 Å². The Bertz CT molecular complexity index is 379. The van der Waals surface area contributed by atoms with Crippen LogP contribution in [0.5, 0.6) is 5.75 Å². The Hall–Kier alpha value is -1.46. The molecule has 0 amide bonds. The molecular formula is C16H23NO. The summed E-state index contributed by atoms with van der Waals surface area (Å²) in [5.41, 5.74) is 1.25. The molecule has 0 aliphatic carbocycles. The SMILES string of the molecule is C#CCCCOc1cccc(CNCC(C)C)c1. The molecule has 1 aromatic carbocycles. The highest BCUT2D eigenvalue weighted by molar-refractivity contribution is 5.28. The van der Waals surface area contributed by atoms with Crippen molar-refractivity contribution in [1.29, 1.82) is 0 Å². The minimum Gasteiger partial charge on any atom is -0.494 e. The summed E-state index contributed by atoms with van der Waals surface area (Å²) in [4.78, 5) is 0. The summed E-state index contributed by atoms with van der Waals surface area (Å²) in [6.07, 6.45) is 6.88. The number of benzene rings is 1. The summed E-state index contributed by atoms with van der Waals surface area (Å²) in [7, 11) is 0. The minimum atomic E-state index is 0.674. The van der Waals surface area contributed by atoms with Gasteiger partial charge in [-0.25, -0.2) is 0 Å². The molecule has 1 N–H and O–H groups in total. The second-order valence-electron chi connectivity index (χ2n) is 4.83. The van der Waals surface area contributed by atoms with E-state index in [1.54, 1.807) is 0 Å². The summed E-state index contributed by atoms with van der Waals surface area (Å²) in [6.45, 7) is 7.02. The molecule has 0 fully saturated rings. The lowest BCUT2D eigenvalue weighted by Crippen LogP contribution is -2.18. The van der Waals surface area contributed by atoms with Crippen molar-refractivity contribution in [2.24, 2.45) is 5.92 Å². The van der Waals surface area contributed by atoms with E-state index in [-0.39, 0.29) is 0 Å². The Kier molecular flexibility index (Phi) is 6.98. The van der Waals surface area contributed by atoms with Crippen LogP contribution in [0.3, 0.4) is 0 Å². The van der Waals surface area contributed by atoms with E-state index in [0.717, 1.165) is 31.7 Å².